The second-order valence-electron chi connectivity index (χ2n) is 3.67. The molecule has 0 aliphatic heterocycles. The van der Waals surface area contributed by atoms with Crippen LogP contribution >= 0.6 is 11.6 Å². The topological polar surface area (TPSA) is 94.4 Å². The summed E-state index contributed by atoms with van der Waals surface area (Å²) in [4.78, 5) is 25.4. The quantitative estimate of drug-likeness (QED) is 0.360. The van der Waals surface area contributed by atoms with Gasteiger partial charge in [0.1, 0.15) is 5.15 Å². The van der Waals surface area contributed by atoms with Gasteiger partial charge in [0, 0.05) is 12.7 Å². The van der Waals surface area contributed by atoms with Crippen LogP contribution in [-0.2, 0) is 9.53 Å². The number of amides is 1. The molecule has 0 saturated carbocycles. The number of hydrogen-bond donors (Lipinski definition) is 1. The number of nitro groups is 1. The van der Waals surface area contributed by atoms with Crippen molar-refractivity contribution in [2.45, 2.75) is 19.8 Å². The zero-order valence-corrected chi connectivity index (χ0v) is 11.1. The van der Waals surface area contributed by atoms with Crippen LogP contribution in [0.15, 0.2) is 12.1 Å². The Kier molecular flexibility index (Phi) is 6.17. The molecule has 1 aromatic rings. The lowest BCUT2D eigenvalue weighted by Crippen LogP contribution is -2.16. The average Bonchev–Trinajstić information content (AvgIpc) is 2.34. The van der Waals surface area contributed by atoms with Crippen molar-refractivity contribution in [2.24, 2.45) is 0 Å². The Morgan fingerprint density at radius 3 is 2.89 bits per heavy atom. The van der Waals surface area contributed by atoms with Crippen molar-refractivity contribution in [1.82, 2.24) is 4.98 Å². The number of rotatable bonds is 7. The van der Waals surface area contributed by atoms with Gasteiger partial charge in [-0.3, -0.25) is 14.9 Å². The summed E-state index contributed by atoms with van der Waals surface area (Å²) in [6.45, 7) is 2.79. The van der Waals surface area contributed by atoms with Gasteiger partial charge in [0.2, 0.25) is 11.7 Å². The molecule has 0 aliphatic carbocycles. The lowest BCUT2D eigenvalue weighted by atomic mass is 10.3. The van der Waals surface area contributed by atoms with Gasteiger partial charge in [-0.05, 0) is 12.5 Å². The van der Waals surface area contributed by atoms with E-state index >= 15 is 0 Å². The number of carbonyl (C=O) groups excluding carboxylic acids is 1. The Morgan fingerprint density at radius 1 is 1.53 bits per heavy atom. The van der Waals surface area contributed by atoms with Crippen molar-refractivity contribution in [3.8, 4) is 0 Å². The molecule has 1 N–H and O–H groups in total. The largest absolute Gasteiger partial charge is 0.381 e. The fraction of sp³-hybridized carbons (Fsp3) is 0.455. The van der Waals surface area contributed by atoms with Crippen LogP contribution in [0, 0.1) is 10.1 Å². The number of anilines is 1. The molecular weight excluding hydrogens is 274 g/mol. The number of nitrogens with zero attached hydrogens (tertiary/aromatic N) is 2. The highest BCUT2D eigenvalue weighted by atomic mass is 35.5. The average molecular weight is 288 g/mol. The van der Waals surface area contributed by atoms with E-state index in [-0.39, 0.29) is 29.7 Å². The van der Waals surface area contributed by atoms with E-state index in [1.165, 1.54) is 12.1 Å². The number of aromatic nitrogens is 1. The Morgan fingerprint density at radius 2 is 2.26 bits per heavy atom. The molecule has 0 radical (unpaired) electrons. The fourth-order valence-corrected chi connectivity index (χ4v) is 1.42. The summed E-state index contributed by atoms with van der Waals surface area (Å²) in [7, 11) is 0. The van der Waals surface area contributed by atoms with E-state index in [4.69, 9.17) is 16.3 Å². The lowest BCUT2D eigenvalue weighted by Gasteiger charge is -2.05. The number of pyridine rings is 1. The van der Waals surface area contributed by atoms with Crippen LogP contribution < -0.4 is 5.32 Å². The molecule has 104 valence electrons. The fourth-order valence-electron chi connectivity index (χ4n) is 1.27. The van der Waals surface area contributed by atoms with E-state index in [0.717, 1.165) is 6.42 Å². The van der Waals surface area contributed by atoms with Crippen LogP contribution in [-0.4, -0.2) is 29.0 Å². The minimum Gasteiger partial charge on any atom is -0.381 e. The zero-order chi connectivity index (χ0) is 14.3. The van der Waals surface area contributed by atoms with Crippen LogP contribution in [0.25, 0.3) is 0 Å². The molecule has 0 spiro atoms. The van der Waals surface area contributed by atoms with Crippen molar-refractivity contribution in [3.05, 3.63) is 27.4 Å². The molecule has 0 aliphatic rings. The van der Waals surface area contributed by atoms with E-state index in [9.17, 15) is 14.9 Å². The minimum atomic E-state index is -0.632. The normalized spacial score (nSPS) is 10.2. The minimum absolute atomic E-state index is 0.0723. The third-order valence-electron chi connectivity index (χ3n) is 2.12. The summed E-state index contributed by atoms with van der Waals surface area (Å²) in [5.74, 6) is -0.563. The maximum Gasteiger partial charge on any atom is 0.311 e. The van der Waals surface area contributed by atoms with Gasteiger partial charge in [-0.15, -0.1) is 0 Å². The number of hydrogen-bond acceptors (Lipinski definition) is 5. The van der Waals surface area contributed by atoms with Crippen LogP contribution in [0.4, 0.5) is 11.5 Å². The first-order valence-electron chi connectivity index (χ1n) is 5.73. The summed E-state index contributed by atoms with van der Waals surface area (Å²) in [6.07, 6.45) is 0.967. The predicted molar refractivity (Wildman–Crippen MR) is 70.3 cm³/mol. The molecule has 1 aromatic heterocycles. The molecule has 0 saturated heterocycles. The van der Waals surface area contributed by atoms with E-state index in [1.807, 2.05) is 6.92 Å². The highest BCUT2D eigenvalue weighted by Crippen LogP contribution is 2.23. The van der Waals surface area contributed by atoms with Crippen LogP contribution in [0.3, 0.4) is 0 Å². The van der Waals surface area contributed by atoms with Crippen molar-refractivity contribution in [1.29, 1.82) is 0 Å². The molecule has 0 aromatic carbocycles. The maximum absolute atomic E-state index is 11.6. The van der Waals surface area contributed by atoms with Gasteiger partial charge < -0.3 is 10.1 Å². The first-order chi connectivity index (χ1) is 9.04. The molecule has 0 bridgehead atoms. The van der Waals surface area contributed by atoms with Crippen molar-refractivity contribution >= 4 is 29.0 Å². The van der Waals surface area contributed by atoms with Crippen molar-refractivity contribution in [2.75, 3.05) is 18.5 Å². The van der Waals surface area contributed by atoms with E-state index in [0.29, 0.717) is 6.61 Å². The monoisotopic (exact) mass is 287 g/mol. The predicted octanol–water partition coefficient (Wildman–Crippen LogP) is 2.40. The summed E-state index contributed by atoms with van der Waals surface area (Å²) in [5, 5.41) is 13.2. The molecule has 1 heterocycles. The second kappa shape index (κ2) is 7.65. The number of carbonyl (C=O) groups is 1. The molecule has 1 amide bonds. The summed E-state index contributed by atoms with van der Waals surface area (Å²) < 4.78 is 5.15. The molecule has 1 rings (SSSR count). The standard InChI is InChI=1S/C11H14ClN3O4/c1-2-6-19-7-5-10(16)14-11-8(15(17)18)3-4-9(12)13-11/h3-4H,2,5-7H2,1H3,(H,13,14,16). The van der Waals surface area contributed by atoms with Gasteiger partial charge in [0.05, 0.1) is 18.0 Å². The summed E-state index contributed by atoms with van der Waals surface area (Å²) in [6, 6.07) is 2.48. The maximum atomic E-state index is 11.6. The van der Waals surface area contributed by atoms with Gasteiger partial charge in [-0.25, -0.2) is 4.98 Å². The van der Waals surface area contributed by atoms with Gasteiger partial charge in [-0.2, -0.15) is 0 Å². The van der Waals surface area contributed by atoms with Gasteiger partial charge in [0.15, 0.2) is 0 Å². The first-order valence-corrected chi connectivity index (χ1v) is 6.11. The smallest absolute Gasteiger partial charge is 0.311 e. The third-order valence-corrected chi connectivity index (χ3v) is 2.33. The molecule has 0 fully saturated rings. The number of ether oxygens (including phenoxy) is 1. The summed E-state index contributed by atoms with van der Waals surface area (Å²) in [5.41, 5.74) is -0.299. The summed E-state index contributed by atoms with van der Waals surface area (Å²) >= 11 is 5.64. The molecule has 0 atom stereocenters. The Bertz CT molecular complexity index is 467. The third kappa shape index (κ3) is 5.19. The van der Waals surface area contributed by atoms with Crippen LogP contribution in [0.2, 0.25) is 5.15 Å². The first kappa shape index (κ1) is 15.3. The van der Waals surface area contributed by atoms with Gasteiger partial charge in [-0.1, -0.05) is 18.5 Å². The molecular formula is C11H14ClN3O4. The lowest BCUT2D eigenvalue weighted by molar-refractivity contribution is -0.384. The second-order valence-corrected chi connectivity index (χ2v) is 4.06. The van der Waals surface area contributed by atoms with Crippen LogP contribution in [0.1, 0.15) is 19.8 Å². The van der Waals surface area contributed by atoms with Crippen LogP contribution in [0.5, 0.6) is 0 Å². The van der Waals surface area contributed by atoms with Crippen molar-refractivity contribution < 1.29 is 14.5 Å². The van der Waals surface area contributed by atoms with E-state index in [1.54, 1.807) is 0 Å². The van der Waals surface area contributed by atoms with Crippen molar-refractivity contribution in [3.63, 3.8) is 0 Å². The number of nitrogens with one attached hydrogen (secondary N) is 1. The van der Waals surface area contributed by atoms with E-state index in [2.05, 4.69) is 10.3 Å². The SMILES string of the molecule is CCCOCCC(=O)Nc1nc(Cl)ccc1[N+](=O)[O-]. The highest BCUT2D eigenvalue weighted by molar-refractivity contribution is 6.29. The molecule has 8 heteroatoms. The molecule has 7 nitrogen and oxygen atoms in total. The Balaban J connectivity index is 2.62. The zero-order valence-electron chi connectivity index (χ0n) is 10.4. The van der Waals surface area contributed by atoms with E-state index < -0.39 is 10.8 Å². The van der Waals surface area contributed by atoms with Gasteiger partial charge >= 0.3 is 5.69 Å². The Labute approximate surface area is 115 Å². The Hall–Kier alpha value is -1.73. The number of halogens is 1. The van der Waals surface area contributed by atoms with Gasteiger partial charge in [0.25, 0.3) is 0 Å². The highest BCUT2D eigenvalue weighted by Gasteiger charge is 2.17. The molecule has 0 unspecified atom stereocenters. The molecule has 19 heavy (non-hydrogen) atoms.